The van der Waals surface area contributed by atoms with Gasteiger partial charge in [0.2, 0.25) is 0 Å². The number of hydrogen-bond donors (Lipinski definition) is 1. The Balaban J connectivity index is 1.52. The molecule has 0 bridgehead atoms. The molecule has 30 heavy (non-hydrogen) atoms. The first-order valence-corrected chi connectivity index (χ1v) is 10.1. The molecule has 1 atom stereocenters. The first-order valence-electron chi connectivity index (χ1n) is 10.1. The lowest BCUT2D eigenvalue weighted by Gasteiger charge is -2.16. The van der Waals surface area contributed by atoms with Crippen LogP contribution in [0.15, 0.2) is 72.8 Å². The van der Waals surface area contributed by atoms with Crippen LogP contribution in [0.3, 0.4) is 0 Å². The summed E-state index contributed by atoms with van der Waals surface area (Å²) in [6.45, 7) is 2.67. The summed E-state index contributed by atoms with van der Waals surface area (Å²) in [5.74, 6) is 2.50. The van der Waals surface area contributed by atoms with E-state index in [4.69, 9.17) is 14.5 Å². The normalized spacial score (nSPS) is 12.1. The predicted octanol–water partition coefficient (Wildman–Crippen LogP) is 4.38. The lowest BCUT2D eigenvalue weighted by molar-refractivity contribution is 0.0928. The number of aromatic nitrogens is 2. The Morgan fingerprint density at radius 3 is 2.37 bits per heavy atom. The van der Waals surface area contributed by atoms with Gasteiger partial charge in [0.25, 0.3) is 0 Å². The van der Waals surface area contributed by atoms with E-state index in [1.165, 1.54) is 5.56 Å². The maximum atomic E-state index is 10.7. The van der Waals surface area contributed by atoms with Crippen LogP contribution in [0.1, 0.15) is 17.0 Å². The molecule has 1 N–H and O–H groups in total. The third-order valence-electron chi connectivity index (χ3n) is 5.11. The Bertz CT molecular complexity index is 1100. The van der Waals surface area contributed by atoms with Gasteiger partial charge in [-0.05, 0) is 48.9 Å². The summed E-state index contributed by atoms with van der Waals surface area (Å²) < 4.78 is 13.1. The third kappa shape index (κ3) is 4.63. The topological polar surface area (TPSA) is 56.5 Å². The standard InChI is InChI=1S/C25H26N2O3/c1-18-7-11-22(12-8-18)30-17-20(28)16-27-24-6-4-3-5-23(24)26-25(27)15-19-9-13-21(29-2)14-10-19/h3-14,20,28H,15-17H2,1-2H3. The van der Waals surface area contributed by atoms with E-state index >= 15 is 0 Å². The van der Waals surface area contributed by atoms with E-state index in [0.717, 1.165) is 33.9 Å². The molecule has 0 spiro atoms. The molecule has 1 aromatic heterocycles. The van der Waals surface area contributed by atoms with Crippen molar-refractivity contribution in [2.24, 2.45) is 0 Å². The van der Waals surface area contributed by atoms with Crippen LogP contribution in [-0.4, -0.2) is 34.5 Å². The van der Waals surface area contributed by atoms with Gasteiger partial charge >= 0.3 is 0 Å². The molecule has 154 valence electrons. The van der Waals surface area contributed by atoms with E-state index in [1.807, 2.05) is 79.7 Å². The molecule has 0 aliphatic rings. The first-order chi connectivity index (χ1) is 14.6. The van der Waals surface area contributed by atoms with E-state index in [9.17, 15) is 5.11 Å². The number of hydrogen-bond acceptors (Lipinski definition) is 4. The molecule has 0 aliphatic heterocycles. The van der Waals surface area contributed by atoms with Crippen LogP contribution in [0.5, 0.6) is 11.5 Å². The Labute approximate surface area is 176 Å². The Morgan fingerprint density at radius 1 is 0.933 bits per heavy atom. The fourth-order valence-electron chi connectivity index (χ4n) is 3.48. The van der Waals surface area contributed by atoms with Crippen molar-refractivity contribution in [3.8, 4) is 11.5 Å². The maximum absolute atomic E-state index is 10.7. The number of aryl methyl sites for hydroxylation is 1. The maximum Gasteiger partial charge on any atom is 0.119 e. The van der Waals surface area contributed by atoms with Crippen molar-refractivity contribution in [2.75, 3.05) is 13.7 Å². The molecule has 0 saturated carbocycles. The second-order valence-electron chi connectivity index (χ2n) is 7.43. The van der Waals surface area contributed by atoms with Gasteiger partial charge in [-0.3, -0.25) is 0 Å². The van der Waals surface area contributed by atoms with Crippen LogP contribution in [0.4, 0.5) is 0 Å². The van der Waals surface area contributed by atoms with Crippen molar-refractivity contribution in [1.82, 2.24) is 9.55 Å². The van der Waals surface area contributed by atoms with Gasteiger partial charge in [-0.25, -0.2) is 4.98 Å². The fraction of sp³-hybridized carbons (Fsp3) is 0.240. The number of aliphatic hydroxyl groups excluding tert-OH is 1. The van der Waals surface area contributed by atoms with Gasteiger partial charge < -0.3 is 19.1 Å². The highest BCUT2D eigenvalue weighted by atomic mass is 16.5. The van der Waals surface area contributed by atoms with E-state index in [1.54, 1.807) is 7.11 Å². The Kier molecular flexibility index (Phi) is 6.00. The van der Waals surface area contributed by atoms with Crippen molar-refractivity contribution in [3.63, 3.8) is 0 Å². The molecule has 4 aromatic rings. The van der Waals surface area contributed by atoms with Crippen LogP contribution in [-0.2, 0) is 13.0 Å². The van der Waals surface area contributed by atoms with Gasteiger partial charge in [0.1, 0.15) is 30.0 Å². The molecule has 5 nitrogen and oxygen atoms in total. The smallest absolute Gasteiger partial charge is 0.119 e. The van der Waals surface area contributed by atoms with Gasteiger partial charge in [0.15, 0.2) is 0 Å². The second-order valence-corrected chi connectivity index (χ2v) is 7.43. The molecular formula is C25H26N2O3. The Hall–Kier alpha value is -3.31. The number of aliphatic hydroxyl groups is 1. The number of para-hydroxylation sites is 2. The number of imidazole rings is 1. The van der Waals surface area contributed by atoms with Crippen LogP contribution in [0, 0.1) is 6.92 Å². The summed E-state index contributed by atoms with van der Waals surface area (Å²) >= 11 is 0. The average molecular weight is 402 g/mol. The number of benzene rings is 3. The molecule has 0 saturated heterocycles. The molecule has 0 radical (unpaired) electrons. The number of rotatable bonds is 8. The summed E-state index contributed by atoms with van der Waals surface area (Å²) in [5, 5.41) is 10.7. The molecule has 5 heteroatoms. The van der Waals surface area contributed by atoms with Crippen molar-refractivity contribution in [3.05, 3.63) is 89.7 Å². The minimum Gasteiger partial charge on any atom is -0.497 e. The lowest BCUT2D eigenvalue weighted by Crippen LogP contribution is -2.24. The van der Waals surface area contributed by atoms with Crippen LogP contribution < -0.4 is 9.47 Å². The van der Waals surface area contributed by atoms with Gasteiger partial charge in [-0.2, -0.15) is 0 Å². The largest absolute Gasteiger partial charge is 0.497 e. The number of nitrogens with zero attached hydrogens (tertiary/aromatic N) is 2. The summed E-state index contributed by atoms with van der Waals surface area (Å²) in [5.41, 5.74) is 4.25. The van der Waals surface area contributed by atoms with E-state index < -0.39 is 6.10 Å². The fourth-order valence-corrected chi connectivity index (χ4v) is 3.48. The molecule has 4 rings (SSSR count). The van der Waals surface area contributed by atoms with Gasteiger partial charge in [0, 0.05) is 6.42 Å². The summed E-state index contributed by atoms with van der Waals surface area (Å²) in [6, 6.07) is 23.8. The van der Waals surface area contributed by atoms with Crippen molar-refractivity contribution in [1.29, 1.82) is 0 Å². The highest BCUT2D eigenvalue weighted by molar-refractivity contribution is 5.76. The molecule has 0 fully saturated rings. The van der Waals surface area contributed by atoms with E-state index in [0.29, 0.717) is 13.0 Å². The number of methoxy groups -OCH3 is 1. The third-order valence-corrected chi connectivity index (χ3v) is 5.11. The zero-order valence-electron chi connectivity index (χ0n) is 17.3. The summed E-state index contributed by atoms with van der Waals surface area (Å²) in [7, 11) is 1.66. The zero-order valence-corrected chi connectivity index (χ0v) is 17.3. The molecule has 3 aromatic carbocycles. The van der Waals surface area contributed by atoms with Gasteiger partial charge in [-0.15, -0.1) is 0 Å². The van der Waals surface area contributed by atoms with Crippen molar-refractivity contribution < 1.29 is 14.6 Å². The van der Waals surface area contributed by atoms with Gasteiger partial charge in [0.05, 0.1) is 24.7 Å². The monoisotopic (exact) mass is 402 g/mol. The van der Waals surface area contributed by atoms with Crippen molar-refractivity contribution in [2.45, 2.75) is 26.0 Å². The Morgan fingerprint density at radius 2 is 1.63 bits per heavy atom. The molecule has 1 unspecified atom stereocenters. The highest BCUT2D eigenvalue weighted by Crippen LogP contribution is 2.21. The second kappa shape index (κ2) is 9.01. The first kappa shape index (κ1) is 20.0. The van der Waals surface area contributed by atoms with Crippen LogP contribution in [0.25, 0.3) is 11.0 Å². The predicted molar refractivity (Wildman–Crippen MR) is 118 cm³/mol. The minimum atomic E-state index is -0.654. The number of ether oxygens (including phenoxy) is 2. The number of fused-ring (bicyclic) bond motifs is 1. The summed E-state index contributed by atoms with van der Waals surface area (Å²) in [6.07, 6.45) is 0.0167. The molecule has 0 aliphatic carbocycles. The van der Waals surface area contributed by atoms with Crippen molar-refractivity contribution >= 4 is 11.0 Å². The summed E-state index contributed by atoms with van der Waals surface area (Å²) in [4.78, 5) is 4.81. The SMILES string of the molecule is COc1ccc(Cc2nc3ccccc3n2CC(O)COc2ccc(C)cc2)cc1. The van der Waals surface area contributed by atoms with Crippen LogP contribution >= 0.6 is 0 Å². The van der Waals surface area contributed by atoms with Gasteiger partial charge in [-0.1, -0.05) is 42.0 Å². The van der Waals surface area contributed by atoms with E-state index in [2.05, 4.69) is 4.57 Å². The lowest BCUT2D eigenvalue weighted by atomic mass is 10.1. The zero-order chi connectivity index (χ0) is 20.9. The highest BCUT2D eigenvalue weighted by Gasteiger charge is 2.15. The van der Waals surface area contributed by atoms with Crippen LogP contribution in [0.2, 0.25) is 0 Å². The minimum absolute atomic E-state index is 0.220. The molecule has 0 amide bonds. The quantitative estimate of drug-likeness (QED) is 0.475. The molecular weight excluding hydrogens is 376 g/mol. The van der Waals surface area contributed by atoms with E-state index in [-0.39, 0.29) is 6.61 Å². The molecule has 1 heterocycles. The average Bonchev–Trinajstić information content (AvgIpc) is 3.11.